The summed E-state index contributed by atoms with van der Waals surface area (Å²) in [7, 11) is 3.55. The number of amides is 1. The highest BCUT2D eigenvalue weighted by atomic mass is 16.3. The van der Waals surface area contributed by atoms with E-state index in [4.69, 9.17) is 9.97 Å². The van der Waals surface area contributed by atoms with E-state index < -0.39 is 0 Å². The van der Waals surface area contributed by atoms with Crippen LogP contribution in [0, 0.1) is 0 Å². The number of aryl methyl sites for hydroxylation is 1. The van der Waals surface area contributed by atoms with Gasteiger partial charge in [-0.1, -0.05) is 30.3 Å². The molecule has 2 N–H and O–H groups in total. The zero-order chi connectivity index (χ0) is 24.8. The van der Waals surface area contributed by atoms with Crippen molar-refractivity contribution in [3.8, 4) is 16.9 Å². The van der Waals surface area contributed by atoms with Crippen LogP contribution in [0.3, 0.4) is 0 Å². The third-order valence-corrected chi connectivity index (χ3v) is 7.57. The number of hydrogen-bond donors (Lipinski definition) is 2. The van der Waals surface area contributed by atoms with Crippen molar-refractivity contribution in [2.75, 3.05) is 32.1 Å². The fourth-order valence-electron chi connectivity index (χ4n) is 5.74. The van der Waals surface area contributed by atoms with Crippen LogP contribution in [0.25, 0.3) is 32.8 Å². The summed E-state index contributed by atoms with van der Waals surface area (Å²) >= 11 is 0. The van der Waals surface area contributed by atoms with Crippen molar-refractivity contribution in [3.63, 3.8) is 0 Å². The maximum atomic E-state index is 12.3. The van der Waals surface area contributed by atoms with Crippen molar-refractivity contribution < 1.29 is 9.90 Å². The summed E-state index contributed by atoms with van der Waals surface area (Å²) in [6, 6.07) is 18.9. The lowest BCUT2D eigenvalue weighted by molar-refractivity contribution is -0.128. The molecular formula is C29H31N5O2. The van der Waals surface area contributed by atoms with Gasteiger partial charge in [0.25, 0.3) is 0 Å². The normalized spacial score (nSPS) is 19.2. The van der Waals surface area contributed by atoms with Gasteiger partial charge in [0, 0.05) is 57.5 Å². The van der Waals surface area contributed by atoms with E-state index in [2.05, 4.69) is 34.5 Å². The highest BCUT2D eigenvalue weighted by molar-refractivity contribution is 6.01. The second-order valence-electron chi connectivity index (χ2n) is 10.1. The summed E-state index contributed by atoms with van der Waals surface area (Å²) in [5.41, 5.74) is 2.84. The number of benzene rings is 3. The molecule has 2 atom stereocenters. The molecule has 4 aromatic rings. The molecule has 7 heteroatoms. The quantitative estimate of drug-likeness (QED) is 0.446. The van der Waals surface area contributed by atoms with Crippen molar-refractivity contribution in [1.29, 1.82) is 0 Å². The van der Waals surface area contributed by atoms with Gasteiger partial charge in [0.1, 0.15) is 17.4 Å². The average molecular weight is 482 g/mol. The molecule has 2 fully saturated rings. The van der Waals surface area contributed by atoms with Gasteiger partial charge >= 0.3 is 0 Å². The van der Waals surface area contributed by atoms with Crippen LogP contribution in [0.15, 0.2) is 54.6 Å². The maximum absolute atomic E-state index is 12.3. The summed E-state index contributed by atoms with van der Waals surface area (Å²) in [6.07, 6.45) is 3.19. The molecule has 2 aliphatic heterocycles. The number of rotatable bonds is 5. The molecule has 36 heavy (non-hydrogen) atoms. The summed E-state index contributed by atoms with van der Waals surface area (Å²) in [5, 5.41) is 17.1. The van der Waals surface area contributed by atoms with E-state index in [1.54, 1.807) is 25.1 Å². The largest absolute Gasteiger partial charge is 0.508 e. The molecule has 6 rings (SSSR count). The fraction of sp³-hybridized carbons (Fsp3) is 0.345. The number of phenolic OH excluding ortho intramolecular Hbond substituents is 1. The molecule has 2 aliphatic rings. The van der Waals surface area contributed by atoms with Crippen molar-refractivity contribution in [2.45, 2.75) is 37.8 Å². The third kappa shape index (κ3) is 4.03. The molecule has 0 aliphatic carbocycles. The minimum absolute atomic E-state index is 0.0717. The summed E-state index contributed by atoms with van der Waals surface area (Å²) in [5.74, 6) is 1.99. The molecule has 0 unspecified atom stereocenters. The van der Waals surface area contributed by atoms with E-state index in [0.717, 1.165) is 64.6 Å². The summed E-state index contributed by atoms with van der Waals surface area (Å²) in [6.45, 7) is 1.92. The Balaban J connectivity index is 1.49. The highest BCUT2D eigenvalue weighted by Gasteiger charge is 2.38. The molecule has 1 aromatic heterocycles. The molecule has 0 radical (unpaired) electrons. The van der Waals surface area contributed by atoms with Gasteiger partial charge in [-0.2, -0.15) is 0 Å². The SMILES string of the molecule is CN(C)C(=O)CCc1nc(N2[C@@H]3CC[C@H]2CNC3)c2ccc(-c3cc(O)cc4ccccc34)cc2n1. The van der Waals surface area contributed by atoms with Crippen LogP contribution in [-0.2, 0) is 11.2 Å². The number of hydrogen-bond acceptors (Lipinski definition) is 6. The van der Waals surface area contributed by atoms with E-state index in [1.165, 1.54) is 0 Å². The van der Waals surface area contributed by atoms with Crippen LogP contribution in [0.2, 0.25) is 0 Å². The molecule has 1 amide bonds. The average Bonchev–Trinajstić information content (AvgIpc) is 3.12. The Hall–Kier alpha value is -3.71. The predicted molar refractivity (Wildman–Crippen MR) is 143 cm³/mol. The second kappa shape index (κ2) is 9.06. The van der Waals surface area contributed by atoms with E-state index in [9.17, 15) is 9.90 Å². The van der Waals surface area contributed by atoms with Crippen LogP contribution in [0.1, 0.15) is 25.1 Å². The Morgan fingerprint density at radius 1 is 1.03 bits per heavy atom. The van der Waals surface area contributed by atoms with Crippen LogP contribution < -0.4 is 10.2 Å². The lowest BCUT2D eigenvalue weighted by Crippen LogP contribution is -2.52. The Morgan fingerprint density at radius 2 is 1.81 bits per heavy atom. The van der Waals surface area contributed by atoms with Gasteiger partial charge < -0.3 is 20.2 Å². The first-order chi connectivity index (χ1) is 17.5. The van der Waals surface area contributed by atoms with Crippen LogP contribution in [-0.4, -0.2) is 65.2 Å². The van der Waals surface area contributed by atoms with Gasteiger partial charge in [0.2, 0.25) is 5.91 Å². The third-order valence-electron chi connectivity index (χ3n) is 7.57. The minimum Gasteiger partial charge on any atom is -0.508 e. The van der Waals surface area contributed by atoms with E-state index in [-0.39, 0.29) is 11.7 Å². The first-order valence-corrected chi connectivity index (χ1v) is 12.7. The van der Waals surface area contributed by atoms with Gasteiger partial charge in [0.15, 0.2) is 0 Å². The number of carbonyl (C=O) groups excluding carboxylic acids is 1. The van der Waals surface area contributed by atoms with Crippen LogP contribution >= 0.6 is 0 Å². The number of nitrogens with zero attached hydrogens (tertiary/aromatic N) is 4. The summed E-state index contributed by atoms with van der Waals surface area (Å²) in [4.78, 5) is 26.4. The lowest BCUT2D eigenvalue weighted by Gasteiger charge is -2.37. The second-order valence-corrected chi connectivity index (χ2v) is 10.1. The molecule has 0 saturated carbocycles. The smallest absolute Gasteiger partial charge is 0.222 e. The van der Waals surface area contributed by atoms with Crippen LogP contribution in [0.5, 0.6) is 5.75 Å². The van der Waals surface area contributed by atoms with Gasteiger partial charge in [0.05, 0.1) is 5.52 Å². The Kier molecular flexibility index (Phi) is 5.72. The first kappa shape index (κ1) is 22.7. The molecule has 3 aromatic carbocycles. The van der Waals surface area contributed by atoms with Crippen molar-refractivity contribution >= 4 is 33.4 Å². The zero-order valence-corrected chi connectivity index (χ0v) is 20.7. The predicted octanol–water partition coefficient (Wildman–Crippen LogP) is 4.12. The Bertz CT molecular complexity index is 1450. The van der Waals surface area contributed by atoms with Crippen LogP contribution in [0.4, 0.5) is 5.82 Å². The molecule has 7 nitrogen and oxygen atoms in total. The number of anilines is 1. The Labute approximate surface area is 210 Å². The van der Waals surface area contributed by atoms with E-state index in [0.29, 0.717) is 30.7 Å². The minimum atomic E-state index is 0.0717. The van der Waals surface area contributed by atoms with Gasteiger partial charge in [-0.15, -0.1) is 0 Å². The maximum Gasteiger partial charge on any atom is 0.222 e. The number of carbonyl (C=O) groups is 1. The van der Waals surface area contributed by atoms with E-state index in [1.807, 2.05) is 24.3 Å². The molecule has 2 bridgehead atoms. The van der Waals surface area contributed by atoms with E-state index >= 15 is 0 Å². The van der Waals surface area contributed by atoms with Gasteiger partial charge in [-0.3, -0.25) is 4.79 Å². The number of phenols is 1. The molecule has 0 spiro atoms. The number of piperazine rings is 1. The van der Waals surface area contributed by atoms with Gasteiger partial charge in [-0.05, 0) is 59.0 Å². The topological polar surface area (TPSA) is 81.6 Å². The zero-order valence-electron chi connectivity index (χ0n) is 20.7. The number of aromatic nitrogens is 2. The van der Waals surface area contributed by atoms with Crippen molar-refractivity contribution in [3.05, 3.63) is 60.4 Å². The fourth-order valence-corrected chi connectivity index (χ4v) is 5.74. The summed E-state index contributed by atoms with van der Waals surface area (Å²) < 4.78 is 0. The molecular weight excluding hydrogens is 450 g/mol. The Morgan fingerprint density at radius 3 is 2.58 bits per heavy atom. The first-order valence-electron chi connectivity index (χ1n) is 12.7. The molecule has 184 valence electrons. The highest BCUT2D eigenvalue weighted by Crippen LogP contribution is 2.38. The molecule has 3 heterocycles. The number of aromatic hydroxyl groups is 1. The lowest BCUT2D eigenvalue weighted by atomic mass is 9.97. The standard InChI is InChI=1S/C29H31N5O2/c1-33(2)28(36)12-11-27-31-26-14-19(25-15-22(35)13-18-5-3-4-6-23(18)25)7-10-24(26)29(32-27)34-20-8-9-21(34)17-30-16-20/h3-7,10,13-15,20-21,30,35H,8-9,11-12,16-17H2,1-2H3/t20-,21+. The monoisotopic (exact) mass is 481 g/mol. The number of fused-ring (bicyclic) bond motifs is 4. The molecule has 2 saturated heterocycles. The number of nitrogens with one attached hydrogen (secondary N) is 1. The van der Waals surface area contributed by atoms with Crippen molar-refractivity contribution in [1.82, 2.24) is 20.2 Å². The van der Waals surface area contributed by atoms with Crippen molar-refractivity contribution in [2.24, 2.45) is 0 Å². The van der Waals surface area contributed by atoms with Gasteiger partial charge in [-0.25, -0.2) is 9.97 Å².